The number of cyclic esters (lactones) is 1. The number of esters is 1. The van der Waals surface area contributed by atoms with Crippen molar-refractivity contribution in [2.45, 2.75) is 104 Å². The van der Waals surface area contributed by atoms with Gasteiger partial charge in [0.05, 0.1) is 41.6 Å². The fraction of sp³-hybridized carbons (Fsp3) is 0.565. The number of rotatable bonds is 9. The van der Waals surface area contributed by atoms with Crippen LogP contribution in [0.25, 0.3) is 33.4 Å². The fourth-order valence-electron chi connectivity index (χ4n) is 9.58. The lowest BCUT2D eigenvalue weighted by atomic mass is 9.84. The van der Waals surface area contributed by atoms with E-state index in [1.165, 1.54) is 16.3 Å². The lowest BCUT2D eigenvalue weighted by Gasteiger charge is -2.37. The van der Waals surface area contributed by atoms with Crippen molar-refractivity contribution in [1.82, 2.24) is 35.2 Å². The molecule has 0 unspecified atom stereocenters. The summed E-state index contributed by atoms with van der Waals surface area (Å²) < 4.78 is 20.6. The van der Waals surface area contributed by atoms with E-state index in [2.05, 4.69) is 60.3 Å². The standard InChI is InChI=1S/C46H59N7O7S/c1-8-52-34-17-16-28-22-30(34)31(39(52)29-14-12-18-47-37(29)27(4)58-7)23-46(5,6)25-60-45(57)32-15-13-21-53(50-32)44(56)38(40(59-9-2)42-48-33(28)24-61-42)49-41(54)35-26(3)36(35)43(55)51-19-10-11-20-51/h12,14,16-18,22,24,26-27,32,35-36,38,40,50H,8-11,13,15,19-21,23,25H2,1-7H3,(H,49,54)/t26-,27+,32+,35-,36-,38+,40+/m1/s1. The third-order valence-electron chi connectivity index (χ3n) is 13.0. The number of pyridine rings is 1. The Morgan fingerprint density at radius 1 is 1.10 bits per heavy atom. The van der Waals surface area contributed by atoms with E-state index in [4.69, 9.17) is 24.2 Å². The van der Waals surface area contributed by atoms with Crippen LogP contribution in [0.2, 0.25) is 0 Å². The summed E-state index contributed by atoms with van der Waals surface area (Å²) in [6.07, 6.45) is 4.12. The molecule has 3 aromatic heterocycles. The molecule has 1 saturated carbocycles. The zero-order valence-electron chi connectivity index (χ0n) is 36.4. The minimum Gasteiger partial charge on any atom is -0.464 e. The van der Waals surface area contributed by atoms with Crippen LogP contribution in [0.15, 0.2) is 41.9 Å². The maximum absolute atomic E-state index is 14.8. The van der Waals surface area contributed by atoms with Gasteiger partial charge in [0.2, 0.25) is 11.8 Å². The van der Waals surface area contributed by atoms with E-state index < -0.39 is 47.3 Å². The molecule has 3 fully saturated rings. The summed E-state index contributed by atoms with van der Waals surface area (Å²) in [6.45, 7) is 14.9. The number of aromatic nitrogens is 3. The van der Waals surface area contributed by atoms with Gasteiger partial charge in [-0.15, -0.1) is 11.3 Å². The molecular weight excluding hydrogens is 795 g/mol. The molecule has 0 spiro atoms. The van der Waals surface area contributed by atoms with Gasteiger partial charge in [-0.25, -0.2) is 10.4 Å². The smallest absolute Gasteiger partial charge is 0.324 e. The van der Waals surface area contributed by atoms with Crippen LogP contribution in [0, 0.1) is 23.2 Å². The average molecular weight is 854 g/mol. The first-order valence-electron chi connectivity index (χ1n) is 21.9. The number of carbonyl (C=O) groups excluding carboxylic acids is 4. The van der Waals surface area contributed by atoms with E-state index in [0.29, 0.717) is 56.1 Å². The van der Waals surface area contributed by atoms with Crippen molar-refractivity contribution in [3.05, 3.63) is 58.2 Å². The third kappa shape index (κ3) is 8.33. The average Bonchev–Trinajstić information content (AvgIpc) is 3.71. The molecule has 1 aromatic carbocycles. The van der Waals surface area contributed by atoms with Gasteiger partial charge >= 0.3 is 5.97 Å². The molecule has 8 rings (SSSR count). The Hall–Kier alpha value is -4.70. The number of hydrogen-bond acceptors (Lipinski definition) is 11. The Kier molecular flexibility index (Phi) is 12.4. The summed E-state index contributed by atoms with van der Waals surface area (Å²) in [4.78, 5) is 68.1. The number of ether oxygens (including phenoxy) is 3. The number of nitrogens with one attached hydrogen (secondary N) is 2. The van der Waals surface area contributed by atoms with Crippen LogP contribution < -0.4 is 10.7 Å². The third-order valence-corrected chi connectivity index (χ3v) is 13.9. The number of thiazole rings is 1. The Labute approximate surface area is 361 Å². The van der Waals surface area contributed by atoms with Crippen molar-refractivity contribution in [2.24, 2.45) is 23.2 Å². The van der Waals surface area contributed by atoms with Crippen LogP contribution in [-0.2, 0) is 46.4 Å². The largest absolute Gasteiger partial charge is 0.464 e. The van der Waals surface area contributed by atoms with E-state index in [0.717, 1.165) is 51.8 Å². The Morgan fingerprint density at radius 2 is 1.89 bits per heavy atom. The molecule has 4 aromatic rings. The Morgan fingerprint density at radius 3 is 2.62 bits per heavy atom. The molecule has 0 radical (unpaired) electrons. The minimum absolute atomic E-state index is 0.00118. The van der Waals surface area contributed by atoms with Crippen LogP contribution in [-0.4, -0.2) is 100 Å². The topological polar surface area (TPSA) is 157 Å². The van der Waals surface area contributed by atoms with Crippen LogP contribution in [0.1, 0.15) is 95.7 Å². The second-order valence-electron chi connectivity index (χ2n) is 17.8. The fourth-order valence-corrected chi connectivity index (χ4v) is 10.5. The molecule has 2 N–H and O–H groups in total. The zero-order chi connectivity index (χ0) is 43.2. The van der Waals surface area contributed by atoms with Gasteiger partial charge in [-0.2, -0.15) is 0 Å². The van der Waals surface area contributed by atoms with Gasteiger partial charge in [0.1, 0.15) is 23.2 Å². The van der Waals surface area contributed by atoms with Crippen LogP contribution in [0.3, 0.4) is 0 Å². The molecule has 2 saturated heterocycles. The number of likely N-dealkylation sites (tertiary alicyclic amines) is 1. The predicted molar refractivity (Wildman–Crippen MR) is 232 cm³/mol. The van der Waals surface area contributed by atoms with Crippen LogP contribution >= 0.6 is 11.3 Å². The highest BCUT2D eigenvalue weighted by molar-refractivity contribution is 7.10. The summed E-state index contributed by atoms with van der Waals surface area (Å²) in [6, 6.07) is 8.45. The van der Waals surface area contributed by atoms with Gasteiger partial charge in [0.25, 0.3) is 5.91 Å². The molecule has 7 atom stereocenters. The normalized spacial score (nSPS) is 25.9. The molecule has 3 amide bonds. The highest BCUT2D eigenvalue weighted by atomic mass is 32.1. The molecule has 6 heterocycles. The van der Waals surface area contributed by atoms with Crippen LogP contribution in [0.4, 0.5) is 0 Å². The van der Waals surface area contributed by atoms with Gasteiger partial charge in [-0.1, -0.05) is 26.8 Å². The highest BCUT2D eigenvalue weighted by Crippen LogP contribution is 2.48. The first kappa shape index (κ1) is 43.0. The van der Waals surface area contributed by atoms with E-state index in [-0.39, 0.29) is 37.0 Å². The number of carbonyl (C=O) groups is 4. The zero-order valence-corrected chi connectivity index (χ0v) is 37.2. The van der Waals surface area contributed by atoms with Crippen molar-refractivity contribution < 1.29 is 33.4 Å². The quantitative estimate of drug-likeness (QED) is 0.185. The molecule has 61 heavy (non-hydrogen) atoms. The lowest BCUT2D eigenvalue weighted by molar-refractivity contribution is -0.156. The molecule has 4 aliphatic rings. The molecule has 326 valence electrons. The number of fused-ring (bicyclic) bond motifs is 6. The number of benzene rings is 1. The maximum atomic E-state index is 14.8. The number of aryl methyl sites for hydroxylation is 1. The number of hydrazine groups is 1. The van der Waals surface area contributed by atoms with E-state index >= 15 is 0 Å². The summed E-state index contributed by atoms with van der Waals surface area (Å²) in [5, 5.41) is 8.02. The van der Waals surface area contributed by atoms with E-state index in [1.54, 1.807) is 13.3 Å². The second-order valence-corrected chi connectivity index (χ2v) is 18.6. The van der Waals surface area contributed by atoms with Gasteiger partial charge in [-0.05, 0) is 88.6 Å². The molecule has 14 nitrogen and oxygen atoms in total. The number of hydrogen-bond donors (Lipinski definition) is 2. The van der Waals surface area contributed by atoms with Crippen molar-refractivity contribution in [2.75, 3.05) is 40.0 Å². The summed E-state index contributed by atoms with van der Waals surface area (Å²) >= 11 is 1.37. The van der Waals surface area contributed by atoms with Crippen molar-refractivity contribution in [3.8, 4) is 22.5 Å². The van der Waals surface area contributed by atoms with Crippen molar-refractivity contribution >= 4 is 45.9 Å². The summed E-state index contributed by atoms with van der Waals surface area (Å²) in [5.74, 6) is -2.42. The first-order valence-corrected chi connectivity index (χ1v) is 22.8. The maximum Gasteiger partial charge on any atom is 0.324 e. The second kappa shape index (κ2) is 17.6. The van der Waals surface area contributed by atoms with Gasteiger partial charge in [-0.3, -0.25) is 29.2 Å². The molecule has 15 heteroatoms. The van der Waals surface area contributed by atoms with Crippen molar-refractivity contribution in [1.29, 1.82) is 0 Å². The Bertz CT molecular complexity index is 2300. The molecule has 1 aliphatic carbocycles. The molecule has 6 bridgehead atoms. The van der Waals surface area contributed by atoms with Crippen molar-refractivity contribution in [3.63, 3.8) is 0 Å². The molecular formula is C46H59N7O7S. The first-order chi connectivity index (χ1) is 29.3. The lowest BCUT2D eigenvalue weighted by Crippen LogP contribution is -2.61. The number of methoxy groups -OCH3 is 1. The number of amides is 3. The number of nitrogens with zero attached hydrogens (tertiary/aromatic N) is 5. The van der Waals surface area contributed by atoms with Gasteiger partial charge in [0, 0.05) is 78.9 Å². The summed E-state index contributed by atoms with van der Waals surface area (Å²) in [5.41, 5.74) is 9.27. The van der Waals surface area contributed by atoms with Gasteiger partial charge < -0.3 is 29.0 Å². The summed E-state index contributed by atoms with van der Waals surface area (Å²) in [7, 11) is 1.69. The SMILES string of the molecule is CCO[C@@H]1c2nc(cs2)-c2ccc3c(c2)c(c(-c2cccnc2[C@H](C)OC)n3CC)CC(C)(C)COC(=O)[C@@H]2CCCN(N2)C(=O)[C@H]1NC(=O)[C@@H]1[C@@H](C)[C@H]1C(=O)N1CCCC1. The van der Waals surface area contributed by atoms with E-state index in [9.17, 15) is 19.2 Å². The predicted octanol–water partition coefficient (Wildman–Crippen LogP) is 6.24. The Balaban J connectivity index is 1.23. The van der Waals surface area contributed by atoms with Crippen LogP contribution in [0.5, 0.6) is 0 Å². The molecule has 3 aliphatic heterocycles. The van der Waals surface area contributed by atoms with Gasteiger partial charge in [0.15, 0.2) is 0 Å². The monoisotopic (exact) mass is 853 g/mol. The highest BCUT2D eigenvalue weighted by Gasteiger charge is 2.58. The minimum atomic E-state index is -1.19. The van der Waals surface area contributed by atoms with E-state index in [1.807, 2.05) is 37.1 Å².